The summed E-state index contributed by atoms with van der Waals surface area (Å²) >= 11 is 0. The van der Waals surface area contributed by atoms with Crippen LogP contribution in [-0.2, 0) is 4.79 Å². The van der Waals surface area contributed by atoms with E-state index in [0.717, 1.165) is 12.5 Å². The van der Waals surface area contributed by atoms with Crippen LogP contribution in [0, 0.1) is 21.8 Å². The summed E-state index contributed by atoms with van der Waals surface area (Å²) < 4.78 is 14.0. The van der Waals surface area contributed by atoms with E-state index >= 15 is 0 Å². The minimum absolute atomic E-state index is 0.0570. The molecule has 0 radical (unpaired) electrons. The first-order valence-corrected chi connectivity index (χ1v) is 6.40. The first kappa shape index (κ1) is 14.2. The second kappa shape index (κ2) is 5.44. The van der Waals surface area contributed by atoms with Crippen molar-refractivity contribution in [2.24, 2.45) is 11.7 Å². The zero-order chi connectivity index (χ0) is 14.9. The number of rotatable bonds is 3. The molecule has 2 rings (SSSR count). The molecular formula is C13H16FN3O3. The van der Waals surface area contributed by atoms with Crippen molar-refractivity contribution in [3.8, 4) is 0 Å². The van der Waals surface area contributed by atoms with Gasteiger partial charge >= 0.3 is 0 Å². The summed E-state index contributed by atoms with van der Waals surface area (Å²) in [7, 11) is 0. The zero-order valence-corrected chi connectivity index (χ0v) is 11.1. The van der Waals surface area contributed by atoms with Gasteiger partial charge in [0, 0.05) is 18.7 Å². The lowest BCUT2D eigenvalue weighted by Crippen LogP contribution is -2.46. The lowest BCUT2D eigenvalue weighted by atomic mass is 9.92. The number of nitrogens with two attached hydrogens (primary N) is 1. The fourth-order valence-corrected chi connectivity index (χ4v) is 2.52. The maximum atomic E-state index is 14.0. The van der Waals surface area contributed by atoms with Gasteiger partial charge in [-0.2, -0.15) is 0 Å². The predicted octanol–water partition coefficient (Wildman–Crippen LogP) is 1.82. The largest absolute Gasteiger partial charge is 0.369 e. The van der Waals surface area contributed by atoms with Gasteiger partial charge in [0.05, 0.1) is 22.6 Å². The molecule has 0 spiro atoms. The molecule has 108 valence electrons. The fourth-order valence-electron chi connectivity index (χ4n) is 2.52. The van der Waals surface area contributed by atoms with Crippen molar-refractivity contribution in [2.45, 2.75) is 25.8 Å². The number of carbonyl (C=O) groups is 1. The summed E-state index contributed by atoms with van der Waals surface area (Å²) in [5, 5.41) is 10.6. The minimum atomic E-state index is -0.656. The summed E-state index contributed by atoms with van der Waals surface area (Å²) in [4.78, 5) is 23.0. The van der Waals surface area contributed by atoms with Crippen LogP contribution in [0.25, 0.3) is 0 Å². The van der Waals surface area contributed by atoms with Gasteiger partial charge in [0.15, 0.2) is 5.82 Å². The summed E-state index contributed by atoms with van der Waals surface area (Å²) in [6, 6.07) is 3.60. The summed E-state index contributed by atoms with van der Waals surface area (Å²) in [5.74, 6) is -1.37. The van der Waals surface area contributed by atoms with Crippen molar-refractivity contribution in [1.82, 2.24) is 0 Å². The van der Waals surface area contributed by atoms with Gasteiger partial charge in [0.25, 0.3) is 5.69 Å². The third-order valence-corrected chi connectivity index (χ3v) is 3.74. The molecule has 1 fully saturated rings. The molecule has 20 heavy (non-hydrogen) atoms. The smallest absolute Gasteiger partial charge is 0.272 e. The van der Waals surface area contributed by atoms with Crippen molar-refractivity contribution in [1.29, 1.82) is 0 Å². The highest BCUT2D eigenvalue weighted by Crippen LogP contribution is 2.31. The van der Waals surface area contributed by atoms with Gasteiger partial charge < -0.3 is 10.6 Å². The van der Waals surface area contributed by atoms with E-state index in [1.807, 2.05) is 6.92 Å². The van der Waals surface area contributed by atoms with Gasteiger partial charge in [-0.15, -0.1) is 0 Å². The Morgan fingerprint density at radius 2 is 2.20 bits per heavy atom. The van der Waals surface area contributed by atoms with Crippen molar-refractivity contribution in [3.63, 3.8) is 0 Å². The molecule has 2 N–H and O–H groups in total. The number of non-ortho nitro benzene ring substituents is 1. The number of anilines is 1. The number of amides is 1. The van der Waals surface area contributed by atoms with Crippen LogP contribution in [0.15, 0.2) is 18.2 Å². The normalized spacial score (nSPS) is 22.6. The van der Waals surface area contributed by atoms with Crippen LogP contribution < -0.4 is 10.6 Å². The maximum Gasteiger partial charge on any atom is 0.272 e. The molecule has 0 saturated carbocycles. The van der Waals surface area contributed by atoms with Crippen LogP contribution in [0.2, 0.25) is 0 Å². The number of nitro benzene ring substituents is 1. The summed E-state index contributed by atoms with van der Waals surface area (Å²) in [6.07, 6.45) is 1.41. The Hall–Kier alpha value is -2.18. The lowest BCUT2D eigenvalue weighted by Gasteiger charge is -2.38. The molecule has 1 amide bonds. The number of carbonyl (C=O) groups excluding carboxylic acids is 1. The van der Waals surface area contributed by atoms with Crippen LogP contribution in [0.4, 0.5) is 15.8 Å². The van der Waals surface area contributed by atoms with Gasteiger partial charge in [0.1, 0.15) is 0 Å². The van der Waals surface area contributed by atoms with Crippen molar-refractivity contribution in [2.75, 3.05) is 11.4 Å². The molecule has 7 heteroatoms. The minimum Gasteiger partial charge on any atom is -0.369 e. The second-order valence-electron chi connectivity index (χ2n) is 5.07. The Bertz CT molecular complexity index is 550. The number of nitro groups is 1. The van der Waals surface area contributed by atoms with Crippen molar-refractivity contribution in [3.05, 3.63) is 34.1 Å². The van der Waals surface area contributed by atoms with Gasteiger partial charge in [-0.3, -0.25) is 14.9 Å². The highest BCUT2D eigenvalue weighted by molar-refractivity contribution is 5.77. The molecule has 1 saturated heterocycles. The molecule has 0 aromatic heterocycles. The van der Waals surface area contributed by atoms with Crippen LogP contribution >= 0.6 is 0 Å². The molecule has 0 aliphatic carbocycles. The number of hydrogen-bond donors (Lipinski definition) is 1. The van der Waals surface area contributed by atoms with E-state index in [1.165, 1.54) is 12.1 Å². The fraction of sp³-hybridized carbons (Fsp3) is 0.462. The van der Waals surface area contributed by atoms with Crippen LogP contribution in [0.5, 0.6) is 0 Å². The monoisotopic (exact) mass is 281 g/mol. The summed E-state index contributed by atoms with van der Waals surface area (Å²) in [5.41, 5.74) is 5.29. The van der Waals surface area contributed by atoms with Crippen LogP contribution in [-0.4, -0.2) is 23.4 Å². The van der Waals surface area contributed by atoms with Crippen LogP contribution in [0.3, 0.4) is 0 Å². The Morgan fingerprint density at radius 1 is 1.50 bits per heavy atom. The molecule has 1 aliphatic rings. The molecule has 1 heterocycles. The van der Waals surface area contributed by atoms with E-state index in [2.05, 4.69) is 0 Å². The topological polar surface area (TPSA) is 89.5 Å². The molecule has 1 aliphatic heterocycles. The van der Waals surface area contributed by atoms with E-state index in [1.54, 1.807) is 4.90 Å². The standard InChI is InChI=1S/C13H16FN3O3/c1-8-2-3-9(13(15)18)7-16(8)12-5-4-10(17(19)20)6-11(12)14/h4-6,8-9H,2-3,7H2,1H3,(H2,15,18). The van der Waals surface area contributed by atoms with Gasteiger partial charge in [-0.1, -0.05) is 0 Å². The molecule has 2 unspecified atom stereocenters. The zero-order valence-electron chi connectivity index (χ0n) is 11.1. The van der Waals surface area contributed by atoms with Crippen molar-refractivity contribution >= 4 is 17.3 Å². The number of halogens is 1. The molecule has 1 aromatic rings. The predicted molar refractivity (Wildman–Crippen MR) is 71.8 cm³/mol. The number of benzene rings is 1. The van der Waals surface area contributed by atoms with E-state index in [9.17, 15) is 19.3 Å². The third kappa shape index (κ3) is 2.71. The number of piperidine rings is 1. The van der Waals surface area contributed by atoms with Crippen LogP contribution in [0.1, 0.15) is 19.8 Å². The number of hydrogen-bond acceptors (Lipinski definition) is 4. The Morgan fingerprint density at radius 3 is 2.75 bits per heavy atom. The molecule has 2 atom stereocenters. The van der Waals surface area contributed by atoms with Gasteiger partial charge in [-0.25, -0.2) is 4.39 Å². The third-order valence-electron chi connectivity index (χ3n) is 3.74. The highest BCUT2D eigenvalue weighted by Gasteiger charge is 2.30. The number of nitrogens with zero attached hydrogens (tertiary/aromatic N) is 2. The second-order valence-corrected chi connectivity index (χ2v) is 5.07. The van der Waals surface area contributed by atoms with E-state index in [4.69, 9.17) is 5.73 Å². The number of primary amides is 1. The van der Waals surface area contributed by atoms with E-state index in [-0.39, 0.29) is 23.3 Å². The Labute approximate surface area is 115 Å². The Kier molecular flexibility index (Phi) is 3.87. The lowest BCUT2D eigenvalue weighted by molar-refractivity contribution is -0.385. The first-order valence-electron chi connectivity index (χ1n) is 6.40. The summed E-state index contributed by atoms with van der Waals surface area (Å²) in [6.45, 7) is 2.27. The maximum absolute atomic E-state index is 14.0. The van der Waals surface area contributed by atoms with E-state index in [0.29, 0.717) is 13.0 Å². The van der Waals surface area contributed by atoms with Gasteiger partial charge in [-0.05, 0) is 25.8 Å². The van der Waals surface area contributed by atoms with E-state index < -0.39 is 16.6 Å². The first-order chi connectivity index (χ1) is 9.40. The average molecular weight is 281 g/mol. The highest BCUT2D eigenvalue weighted by atomic mass is 19.1. The SMILES string of the molecule is CC1CCC(C(N)=O)CN1c1ccc([N+](=O)[O-])cc1F. The van der Waals surface area contributed by atoms with Crippen molar-refractivity contribution < 1.29 is 14.1 Å². The molecular weight excluding hydrogens is 265 g/mol. The average Bonchev–Trinajstić information content (AvgIpc) is 2.39. The molecule has 0 bridgehead atoms. The molecule has 6 nitrogen and oxygen atoms in total. The quantitative estimate of drug-likeness (QED) is 0.676. The molecule has 1 aromatic carbocycles. The Balaban J connectivity index is 2.29. The van der Waals surface area contributed by atoms with Gasteiger partial charge in [0.2, 0.25) is 5.91 Å².